The summed E-state index contributed by atoms with van der Waals surface area (Å²) in [5.41, 5.74) is 1.02. The summed E-state index contributed by atoms with van der Waals surface area (Å²) in [5.74, 6) is 2.43. The molecule has 0 bridgehead atoms. The minimum absolute atomic E-state index is 1.02. The maximum Gasteiger partial charge on any atom is 0.0223 e. The summed E-state index contributed by atoms with van der Waals surface area (Å²) in [6, 6.07) is 0. The van der Waals surface area contributed by atoms with Gasteiger partial charge in [-0.05, 0) is 13.1 Å². The average Bonchev–Trinajstić information content (AvgIpc) is 1.87. The van der Waals surface area contributed by atoms with Gasteiger partial charge in [-0.3, -0.25) is 0 Å². The first-order chi connectivity index (χ1) is 4.22. The highest BCUT2D eigenvalue weighted by Crippen LogP contribution is 1.97. The van der Waals surface area contributed by atoms with Crippen LogP contribution in [-0.4, -0.2) is 11.9 Å². The Kier molecular flexibility index (Phi) is 3.31. The minimum Gasteiger partial charge on any atom is -0.355 e. The van der Waals surface area contributed by atoms with Crippen LogP contribution in [0.2, 0.25) is 0 Å². The topological polar surface area (TPSA) is 3.24 Å². The van der Waals surface area contributed by atoms with Crippen LogP contribution in [0.1, 0.15) is 6.92 Å². The van der Waals surface area contributed by atoms with Gasteiger partial charge in [0.15, 0.2) is 0 Å². The lowest BCUT2D eigenvalue weighted by Crippen LogP contribution is -2.05. The quantitative estimate of drug-likeness (QED) is 0.501. The molecular formula is C8H11N. The number of hydrogen-bond acceptors (Lipinski definition) is 1. The summed E-state index contributed by atoms with van der Waals surface area (Å²) >= 11 is 0. The largest absolute Gasteiger partial charge is 0.355 e. The Balaban J connectivity index is 4.05. The Labute approximate surface area is 56.7 Å². The molecule has 0 saturated carbocycles. The van der Waals surface area contributed by atoms with Crippen molar-refractivity contribution in [1.82, 2.24) is 4.90 Å². The van der Waals surface area contributed by atoms with E-state index in [-0.39, 0.29) is 0 Å². The number of nitrogens with zero attached hydrogens (tertiary/aromatic N) is 1. The fraction of sp³-hybridized carbons (Fsp3) is 0.250. The molecule has 0 saturated heterocycles. The van der Waals surface area contributed by atoms with Crippen molar-refractivity contribution in [3.63, 3.8) is 0 Å². The average molecular weight is 121 g/mol. The van der Waals surface area contributed by atoms with Crippen molar-refractivity contribution in [1.29, 1.82) is 0 Å². The highest BCUT2D eigenvalue weighted by molar-refractivity contribution is 5.15. The van der Waals surface area contributed by atoms with E-state index < -0.39 is 0 Å². The van der Waals surface area contributed by atoms with E-state index in [9.17, 15) is 0 Å². The normalized spacial score (nSPS) is 10.1. The van der Waals surface area contributed by atoms with E-state index in [4.69, 9.17) is 6.42 Å². The fourth-order valence-electron chi connectivity index (χ4n) is 0.366. The van der Waals surface area contributed by atoms with Crippen molar-refractivity contribution in [2.45, 2.75) is 6.92 Å². The molecule has 0 aromatic rings. The Morgan fingerprint density at radius 1 is 1.78 bits per heavy atom. The van der Waals surface area contributed by atoms with Crippen molar-refractivity contribution < 1.29 is 0 Å². The lowest BCUT2D eigenvalue weighted by Gasteiger charge is -2.11. The first-order valence-corrected chi connectivity index (χ1v) is 2.70. The molecule has 0 rings (SSSR count). The highest BCUT2D eigenvalue weighted by Gasteiger charge is 1.87. The van der Waals surface area contributed by atoms with E-state index in [1.807, 2.05) is 18.9 Å². The molecule has 0 aliphatic carbocycles. The Morgan fingerprint density at radius 2 is 2.33 bits per heavy atom. The van der Waals surface area contributed by atoms with Gasteiger partial charge in [-0.25, -0.2) is 0 Å². The zero-order valence-corrected chi connectivity index (χ0v) is 5.89. The summed E-state index contributed by atoms with van der Waals surface area (Å²) in [6.07, 6.45) is 8.44. The molecule has 0 spiro atoms. The van der Waals surface area contributed by atoms with Crippen molar-refractivity contribution >= 4 is 0 Å². The van der Waals surface area contributed by atoms with Gasteiger partial charge in [0.1, 0.15) is 0 Å². The van der Waals surface area contributed by atoms with Crippen LogP contribution in [0.25, 0.3) is 0 Å². The molecule has 0 heterocycles. The van der Waals surface area contributed by atoms with E-state index in [0.717, 1.165) is 5.70 Å². The summed E-state index contributed by atoms with van der Waals surface area (Å²) in [7, 11) is 1.90. The molecule has 0 atom stereocenters. The molecule has 48 valence electrons. The second kappa shape index (κ2) is 3.80. The lowest BCUT2D eigenvalue weighted by molar-refractivity contribution is 0.573. The van der Waals surface area contributed by atoms with Gasteiger partial charge in [0, 0.05) is 18.8 Å². The molecule has 9 heavy (non-hydrogen) atoms. The fourth-order valence-corrected chi connectivity index (χ4v) is 0.366. The van der Waals surface area contributed by atoms with Crippen LogP contribution in [0, 0.1) is 12.3 Å². The van der Waals surface area contributed by atoms with Crippen molar-refractivity contribution in [2.75, 3.05) is 7.05 Å². The molecular weight excluding hydrogens is 110 g/mol. The number of terminal acetylenes is 1. The second-order valence-electron chi connectivity index (χ2n) is 1.75. The van der Waals surface area contributed by atoms with Crippen LogP contribution < -0.4 is 0 Å². The third kappa shape index (κ3) is 2.61. The van der Waals surface area contributed by atoms with Gasteiger partial charge in [-0.1, -0.05) is 12.5 Å². The SMILES string of the molecule is C#C/C=C(/C)N(C)C=C. The summed E-state index contributed by atoms with van der Waals surface area (Å²) in [6.45, 7) is 5.51. The van der Waals surface area contributed by atoms with Crippen LogP contribution in [-0.2, 0) is 0 Å². The second-order valence-corrected chi connectivity index (χ2v) is 1.75. The molecule has 0 aromatic heterocycles. The van der Waals surface area contributed by atoms with Gasteiger partial charge < -0.3 is 4.90 Å². The Bertz CT molecular complexity index is 160. The molecule has 0 amide bonds. The molecule has 0 aromatic carbocycles. The number of rotatable bonds is 2. The monoisotopic (exact) mass is 121 g/mol. The Hall–Kier alpha value is -1.16. The predicted molar refractivity (Wildman–Crippen MR) is 40.6 cm³/mol. The van der Waals surface area contributed by atoms with Gasteiger partial charge in [-0.2, -0.15) is 0 Å². The summed E-state index contributed by atoms with van der Waals surface area (Å²) < 4.78 is 0. The van der Waals surface area contributed by atoms with E-state index >= 15 is 0 Å². The minimum atomic E-state index is 1.02. The van der Waals surface area contributed by atoms with Crippen LogP contribution in [0.3, 0.4) is 0 Å². The van der Waals surface area contributed by atoms with Crippen LogP contribution in [0.4, 0.5) is 0 Å². The van der Waals surface area contributed by atoms with Crippen molar-refractivity contribution in [2.24, 2.45) is 0 Å². The Morgan fingerprint density at radius 3 is 2.67 bits per heavy atom. The molecule has 0 fully saturated rings. The first kappa shape index (κ1) is 7.84. The van der Waals surface area contributed by atoms with Gasteiger partial charge in [-0.15, -0.1) is 6.42 Å². The molecule has 1 nitrogen and oxygen atoms in total. The van der Waals surface area contributed by atoms with Crippen molar-refractivity contribution in [3.8, 4) is 12.3 Å². The van der Waals surface area contributed by atoms with Gasteiger partial charge in [0.05, 0.1) is 0 Å². The van der Waals surface area contributed by atoms with E-state index in [2.05, 4.69) is 12.5 Å². The molecule has 0 aliphatic heterocycles. The molecule has 1 heteroatoms. The summed E-state index contributed by atoms with van der Waals surface area (Å²) in [4.78, 5) is 1.86. The third-order valence-electron chi connectivity index (χ3n) is 1.12. The van der Waals surface area contributed by atoms with Crippen LogP contribution in [0.15, 0.2) is 24.6 Å². The standard InChI is InChI=1S/C8H11N/c1-5-7-8(3)9(4)6-2/h1,6-7H,2H2,3-4H3/b8-7-. The number of allylic oxidation sites excluding steroid dienone is 2. The molecule has 0 unspecified atom stereocenters. The van der Waals surface area contributed by atoms with E-state index in [1.165, 1.54) is 0 Å². The summed E-state index contributed by atoms with van der Waals surface area (Å²) in [5, 5.41) is 0. The van der Waals surface area contributed by atoms with Crippen LogP contribution >= 0.6 is 0 Å². The third-order valence-corrected chi connectivity index (χ3v) is 1.12. The maximum atomic E-state index is 5.03. The maximum absolute atomic E-state index is 5.03. The van der Waals surface area contributed by atoms with E-state index in [1.54, 1.807) is 12.3 Å². The zero-order valence-electron chi connectivity index (χ0n) is 5.89. The van der Waals surface area contributed by atoms with Crippen LogP contribution in [0.5, 0.6) is 0 Å². The highest BCUT2D eigenvalue weighted by atomic mass is 15.1. The molecule has 0 aliphatic rings. The first-order valence-electron chi connectivity index (χ1n) is 2.70. The predicted octanol–water partition coefficient (Wildman–Crippen LogP) is 1.60. The van der Waals surface area contributed by atoms with Crippen molar-refractivity contribution in [3.05, 3.63) is 24.6 Å². The molecule has 0 radical (unpaired) electrons. The molecule has 0 N–H and O–H groups in total. The lowest BCUT2D eigenvalue weighted by atomic mass is 10.4. The van der Waals surface area contributed by atoms with Gasteiger partial charge in [0.25, 0.3) is 0 Å². The van der Waals surface area contributed by atoms with Gasteiger partial charge >= 0.3 is 0 Å². The zero-order chi connectivity index (χ0) is 7.28. The van der Waals surface area contributed by atoms with E-state index in [0.29, 0.717) is 0 Å². The number of hydrogen-bond donors (Lipinski definition) is 0. The van der Waals surface area contributed by atoms with Gasteiger partial charge in [0.2, 0.25) is 0 Å². The smallest absolute Gasteiger partial charge is 0.0223 e.